The molecule has 0 saturated heterocycles. The summed E-state index contributed by atoms with van der Waals surface area (Å²) in [5.41, 5.74) is 1.13. The molecule has 90 valence electrons. The van der Waals surface area contributed by atoms with Crippen molar-refractivity contribution in [2.75, 3.05) is 0 Å². The van der Waals surface area contributed by atoms with E-state index in [4.69, 9.17) is 16.0 Å². The van der Waals surface area contributed by atoms with Gasteiger partial charge in [0.25, 0.3) is 0 Å². The van der Waals surface area contributed by atoms with Gasteiger partial charge in [0.15, 0.2) is 0 Å². The Balaban J connectivity index is 1.95. The molecule has 1 heterocycles. The summed E-state index contributed by atoms with van der Waals surface area (Å²) in [4.78, 5) is 0. The molecule has 5 heteroatoms. The zero-order valence-corrected chi connectivity index (χ0v) is 10.5. The fraction of sp³-hybridized carbons (Fsp3) is 0.333. The summed E-state index contributed by atoms with van der Waals surface area (Å²) in [6.07, 6.45) is 0. The van der Waals surface area contributed by atoms with Crippen LogP contribution in [0.1, 0.15) is 30.3 Å². The summed E-state index contributed by atoms with van der Waals surface area (Å²) in [6.45, 7) is 4.39. The number of aromatic nitrogens is 2. The summed E-state index contributed by atoms with van der Waals surface area (Å²) >= 11 is 5.94. The standard InChI is InChI=1S/C12H14ClN3O/c1-8(10-4-3-5-11(13)6-10)14-7-12-16-15-9(2)17-12/h3-6,8,14H,7H2,1-2H3/t8-/m0/s1. The van der Waals surface area contributed by atoms with Crippen molar-refractivity contribution in [1.82, 2.24) is 15.5 Å². The molecular weight excluding hydrogens is 238 g/mol. The van der Waals surface area contributed by atoms with Crippen molar-refractivity contribution in [3.63, 3.8) is 0 Å². The van der Waals surface area contributed by atoms with Gasteiger partial charge in [0.2, 0.25) is 11.8 Å². The number of hydrogen-bond acceptors (Lipinski definition) is 4. The first-order chi connectivity index (χ1) is 8.15. The lowest BCUT2D eigenvalue weighted by molar-refractivity contribution is 0.430. The normalized spacial score (nSPS) is 12.6. The van der Waals surface area contributed by atoms with Crippen molar-refractivity contribution in [3.05, 3.63) is 46.6 Å². The van der Waals surface area contributed by atoms with E-state index in [1.807, 2.05) is 24.3 Å². The number of hydrogen-bond donors (Lipinski definition) is 1. The second-order valence-electron chi connectivity index (χ2n) is 3.87. The minimum Gasteiger partial charge on any atom is -0.424 e. The maximum absolute atomic E-state index is 5.94. The van der Waals surface area contributed by atoms with Gasteiger partial charge >= 0.3 is 0 Å². The molecule has 4 nitrogen and oxygen atoms in total. The summed E-state index contributed by atoms with van der Waals surface area (Å²) < 4.78 is 5.28. The van der Waals surface area contributed by atoms with Crippen LogP contribution in [0.3, 0.4) is 0 Å². The Bertz CT molecular complexity index is 498. The van der Waals surface area contributed by atoms with Gasteiger partial charge in [-0.15, -0.1) is 10.2 Å². The molecule has 0 saturated carbocycles. The molecule has 0 fully saturated rings. The lowest BCUT2D eigenvalue weighted by Gasteiger charge is -2.12. The van der Waals surface area contributed by atoms with Gasteiger partial charge < -0.3 is 9.73 Å². The highest BCUT2D eigenvalue weighted by atomic mass is 35.5. The molecule has 0 aliphatic carbocycles. The van der Waals surface area contributed by atoms with Crippen molar-refractivity contribution in [2.24, 2.45) is 0 Å². The Morgan fingerprint density at radius 2 is 2.24 bits per heavy atom. The van der Waals surface area contributed by atoms with Gasteiger partial charge in [0, 0.05) is 18.0 Å². The predicted molar refractivity (Wildman–Crippen MR) is 65.7 cm³/mol. The fourth-order valence-corrected chi connectivity index (χ4v) is 1.74. The van der Waals surface area contributed by atoms with E-state index in [1.165, 1.54) is 0 Å². The second kappa shape index (κ2) is 5.29. The average molecular weight is 252 g/mol. The van der Waals surface area contributed by atoms with E-state index in [0.717, 1.165) is 10.6 Å². The third-order valence-corrected chi connectivity index (χ3v) is 2.71. The van der Waals surface area contributed by atoms with Gasteiger partial charge in [-0.25, -0.2) is 0 Å². The third-order valence-electron chi connectivity index (χ3n) is 2.48. The Morgan fingerprint density at radius 3 is 2.88 bits per heavy atom. The van der Waals surface area contributed by atoms with Gasteiger partial charge in [-0.05, 0) is 24.6 Å². The number of halogens is 1. The molecule has 2 aromatic rings. The minimum absolute atomic E-state index is 0.181. The van der Waals surface area contributed by atoms with Crippen molar-refractivity contribution >= 4 is 11.6 Å². The average Bonchev–Trinajstić information content (AvgIpc) is 2.72. The Labute approximate surface area is 105 Å². The molecule has 0 unspecified atom stereocenters. The van der Waals surface area contributed by atoms with Crippen LogP contribution < -0.4 is 5.32 Å². The number of benzene rings is 1. The van der Waals surface area contributed by atoms with Crippen LogP contribution in [0.15, 0.2) is 28.7 Å². The fourth-order valence-electron chi connectivity index (χ4n) is 1.54. The van der Waals surface area contributed by atoms with Crippen LogP contribution in [-0.2, 0) is 6.54 Å². The van der Waals surface area contributed by atoms with E-state index in [9.17, 15) is 0 Å². The summed E-state index contributed by atoms with van der Waals surface area (Å²) in [5.74, 6) is 1.17. The smallest absolute Gasteiger partial charge is 0.230 e. The zero-order valence-electron chi connectivity index (χ0n) is 9.77. The van der Waals surface area contributed by atoms with Crippen LogP contribution in [0.25, 0.3) is 0 Å². The molecule has 0 aliphatic heterocycles. The SMILES string of the molecule is Cc1nnc(CN[C@@H](C)c2cccc(Cl)c2)o1. The zero-order chi connectivity index (χ0) is 12.3. The molecule has 2 rings (SSSR count). The molecule has 1 aromatic carbocycles. The first kappa shape index (κ1) is 12.1. The minimum atomic E-state index is 0.181. The maximum Gasteiger partial charge on any atom is 0.230 e. The third kappa shape index (κ3) is 3.28. The highest BCUT2D eigenvalue weighted by Gasteiger charge is 2.07. The van der Waals surface area contributed by atoms with Gasteiger partial charge in [-0.2, -0.15) is 0 Å². The van der Waals surface area contributed by atoms with Gasteiger partial charge in [0.1, 0.15) is 0 Å². The number of nitrogens with one attached hydrogen (secondary N) is 1. The topological polar surface area (TPSA) is 51.0 Å². The number of aryl methyl sites for hydroxylation is 1. The number of rotatable bonds is 4. The quantitative estimate of drug-likeness (QED) is 0.908. The largest absolute Gasteiger partial charge is 0.424 e. The summed E-state index contributed by atoms with van der Waals surface area (Å²) in [5, 5.41) is 11.7. The summed E-state index contributed by atoms with van der Waals surface area (Å²) in [7, 11) is 0. The highest BCUT2D eigenvalue weighted by Crippen LogP contribution is 2.17. The second-order valence-corrected chi connectivity index (χ2v) is 4.31. The van der Waals surface area contributed by atoms with Crippen LogP contribution in [0.2, 0.25) is 5.02 Å². The molecule has 1 atom stereocenters. The molecule has 1 aromatic heterocycles. The van der Waals surface area contributed by atoms with Crippen LogP contribution in [-0.4, -0.2) is 10.2 Å². The highest BCUT2D eigenvalue weighted by molar-refractivity contribution is 6.30. The van der Waals surface area contributed by atoms with Crippen molar-refractivity contribution in [2.45, 2.75) is 26.4 Å². The Kier molecular flexibility index (Phi) is 3.76. The molecule has 0 bridgehead atoms. The molecule has 17 heavy (non-hydrogen) atoms. The lowest BCUT2D eigenvalue weighted by Crippen LogP contribution is -2.18. The van der Waals surface area contributed by atoms with Gasteiger partial charge in [0.05, 0.1) is 6.54 Å². The predicted octanol–water partition coefficient (Wildman–Crippen LogP) is 2.88. The van der Waals surface area contributed by atoms with E-state index in [1.54, 1.807) is 6.92 Å². The Hall–Kier alpha value is -1.39. The Morgan fingerprint density at radius 1 is 1.41 bits per heavy atom. The molecule has 0 aliphatic rings. The van der Waals surface area contributed by atoms with Crippen LogP contribution >= 0.6 is 11.6 Å². The van der Waals surface area contributed by atoms with E-state index in [0.29, 0.717) is 18.3 Å². The van der Waals surface area contributed by atoms with E-state index < -0.39 is 0 Å². The van der Waals surface area contributed by atoms with E-state index in [2.05, 4.69) is 22.4 Å². The molecular formula is C12H14ClN3O. The first-order valence-electron chi connectivity index (χ1n) is 5.43. The number of nitrogens with zero attached hydrogens (tertiary/aromatic N) is 2. The first-order valence-corrected chi connectivity index (χ1v) is 5.81. The molecule has 0 spiro atoms. The monoisotopic (exact) mass is 251 g/mol. The van der Waals surface area contributed by atoms with Gasteiger partial charge in [-0.3, -0.25) is 0 Å². The van der Waals surface area contributed by atoms with E-state index in [-0.39, 0.29) is 6.04 Å². The van der Waals surface area contributed by atoms with Crippen LogP contribution in [0, 0.1) is 6.92 Å². The lowest BCUT2D eigenvalue weighted by atomic mass is 10.1. The van der Waals surface area contributed by atoms with Gasteiger partial charge in [-0.1, -0.05) is 23.7 Å². The van der Waals surface area contributed by atoms with E-state index >= 15 is 0 Å². The van der Waals surface area contributed by atoms with Crippen molar-refractivity contribution < 1.29 is 4.42 Å². The molecule has 0 radical (unpaired) electrons. The molecule has 0 amide bonds. The van der Waals surface area contributed by atoms with Crippen molar-refractivity contribution in [3.8, 4) is 0 Å². The maximum atomic E-state index is 5.94. The van der Waals surface area contributed by atoms with Crippen LogP contribution in [0.4, 0.5) is 0 Å². The molecule has 1 N–H and O–H groups in total. The summed E-state index contributed by atoms with van der Waals surface area (Å²) in [6, 6.07) is 7.95. The van der Waals surface area contributed by atoms with Crippen LogP contribution in [0.5, 0.6) is 0 Å². The van der Waals surface area contributed by atoms with Crippen molar-refractivity contribution in [1.29, 1.82) is 0 Å².